The molecule has 0 fully saturated rings. The van der Waals surface area contributed by atoms with Gasteiger partial charge in [0, 0.05) is 22.0 Å². The number of thiazole rings is 1. The molecule has 2 aromatic carbocycles. The van der Waals surface area contributed by atoms with E-state index in [4.69, 9.17) is 16.3 Å². The van der Waals surface area contributed by atoms with Gasteiger partial charge in [0.15, 0.2) is 6.61 Å². The second-order valence-electron chi connectivity index (χ2n) is 6.40. The molecule has 0 saturated heterocycles. The number of aromatic nitrogens is 3. The van der Waals surface area contributed by atoms with Crippen LogP contribution in [0, 0.1) is 12.7 Å². The Morgan fingerprint density at radius 3 is 2.67 bits per heavy atom. The molecule has 1 N–H and O–H groups in total. The van der Waals surface area contributed by atoms with Crippen LogP contribution in [0.1, 0.15) is 5.69 Å². The summed E-state index contributed by atoms with van der Waals surface area (Å²) < 4.78 is 19.9. The molecule has 0 unspecified atom stereocenters. The van der Waals surface area contributed by atoms with Crippen LogP contribution >= 0.6 is 22.9 Å². The number of nitrogens with one attached hydrogen (secondary N) is 1. The quantitative estimate of drug-likeness (QED) is 0.450. The van der Waals surface area contributed by atoms with E-state index in [9.17, 15) is 9.18 Å². The van der Waals surface area contributed by atoms with Crippen molar-refractivity contribution in [2.45, 2.75) is 6.92 Å². The second kappa shape index (κ2) is 8.64. The lowest BCUT2D eigenvalue weighted by Gasteiger charge is -2.08. The van der Waals surface area contributed by atoms with Crippen LogP contribution in [-0.4, -0.2) is 27.3 Å². The average molecular weight is 443 g/mol. The summed E-state index contributed by atoms with van der Waals surface area (Å²) in [5, 5.41) is 10.4. The first-order chi connectivity index (χ1) is 14.5. The highest BCUT2D eigenvalue weighted by Gasteiger charge is 2.15. The number of rotatable bonds is 6. The van der Waals surface area contributed by atoms with Gasteiger partial charge in [-0.3, -0.25) is 4.79 Å². The number of hydrogen-bond donors (Lipinski definition) is 1. The summed E-state index contributed by atoms with van der Waals surface area (Å²) in [6, 6.07) is 14.6. The van der Waals surface area contributed by atoms with Gasteiger partial charge in [-0.25, -0.2) is 9.37 Å². The van der Waals surface area contributed by atoms with Gasteiger partial charge in [-0.2, -0.15) is 9.78 Å². The first-order valence-electron chi connectivity index (χ1n) is 8.95. The minimum Gasteiger partial charge on any atom is -0.484 e. The van der Waals surface area contributed by atoms with Crippen molar-refractivity contribution in [2.75, 3.05) is 11.9 Å². The molecule has 0 radical (unpaired) electrons. The molecular weight excluding hydrogens is 427 g/mol. The third kappa shape index (κ3) is 4.67. The Morgan fingerprint density at radius 1 is 1.20 bits per heavy atom. The van der Waals surface area contributed by atoms with Crippen LogP contribution in [0.5, 0.6) is 5.75 Å². The van der Waals surface area contributed by atoms with Gasteiger partial charge in [0.1, 0.15) is 17.4 Å². The summed E-state index contributed by atoms with van der Waals surface area (Å²) in [6.07, 6.45) is 0. The molecular formula is C21H16ClFN4O2S. The second-order valence-corrected chi connectivity index (χ2v) is 7.67. The Morgan fingerprint density at radius 2 is 1.93 bits per heavy atom. The number of amides is 1. The summed E-state index contributed by atoms with van der Waals surface area (Å²) in [5.41, 5.74) is 2.45. The van der Waals surface area contributed by atoms with E-state index in [1.165, 1.54) is 35.6 Å². The molecule has 0 atom stereocenters. The number of hydrogen-bond acceptors (Lipinski definition) is 5. The standard InChI is InChI=1S/C21H16ClFN4O2S/c1-13-10-19(25-20(28)11-29-17-8-6-16(23)7-9-17)27(26-13)21-24-18(12-30-21)14-2-4-15(22)5-3-14/h2-10,12H,11H2,1H3,(H,25,28). The summed E-state index contributed by atoms with van der Waals surface area (Å²) in [7, 11) is 0. The van der Waals surface area contributed by atoms with Gasteiger partial charge in [0.25, 0.3) is 5.91 Å². The molecule has 30 heavy (non-hydrogen) atoms. The molecule has 0 aliphatic heterocycles. The van der Waals surface area contributed by atoms with Gasteiger partial charge >= 0.3 is 0 Å². The zero-order valence-electron chi connectivity index (χ0n) is 15.8. The number of benzene rings is 2. The largest absolute Gasteiger partial charge is 0.484 e. The van der Waals surface area contributed by atoms with E-state index in [-0.39, 0.29) is 18.3 Å². The number of aryl methyl sites for hydroxylation is 1. The van der Waals surface area contributed by atoms with Crippen molar-refractivity contribution >= 4 is 34.7 Å². The number of ether oxygens (including phenoxy) is 1. The van der Waals surface area contributed by atoms with E-state index < -0.39 is 0 Å². The Kier molecular flexibility index (Phi) is 5.78. The van der Waals surface area contributed by atoms with Gasteiger partial charge in [-0.1, -0.05) is 23.7 Å². The number of carbonyl (C=O) groups is 1. The Hall–Kier alpha value is -3.23. The highest BCUT2D eigenvalue weighted by Crippen LogP contribution is 2.27. The summed E-state index contributed by atoms with van der Waals surface area (Å²) in [4.78, 5) is 16.9. The third-order valence-electron chi connectivity index (χ3n) is 4.10. The molecule has 0 bridgehead atoms. The Balaban J connectivity index is 1.48. The first-order valence-corrected chi connectivity index (χ1v) is 10.2. The van der Waals surface area contributed by atoms with Crippen molar-refractivity contribution in [3.8, 4) is 22.1 Å². The number of nitrogens with zero attached hydrogens (tertiary/aromatic N) is 3. The lowest BCUT2D eigenvalue weighted by atomic mass is 10.2. The lowest BCUT2D eigenvalue weighted by molar-refractivity contribution is -0.118. The monoisotopic (exact) mass is 442 g/mol. The first kappa shape index (κ1) is 20.1. The molecule has 4 rings (SSSR count). The van der Waals surface area contributed by atoms with Crippen molar-refractivity contribution < 1.29 is 13.9 Å². The molecule has 9 heteroatoms. The fourth-order valence-corrected chi connectivity index (χ4v) is 3.63. The fraction of sp³-hybridized carbons (Fsp3) is 0.0952. The zero-order valence-corrected chi connectivity index (χ0v) is 17.4. The van der Waals surface area contributed by atoms with E-state index in [1.54, 1.807) is 22.9 Å². The van der Waals surface area contributed by atoms with Crippen molar-refractivity contribution in [3.63, 3.8) is 0 Å². The maximum atomic E-state index is 13.0. The topological polar surface area (TPSA) is 69.0 Å². The van der Waals surface area contributed by atoms with Crippen LogP contribution in [0.2, 0.25) is 5.02 Å². The van der Waals surface area contributed by atoms with Crippen molar-refractivity contribution in [3.05, 3.63) is 76.5 Å². The van der Waals surface area contributed by atoms with Crippen LogP contribution in [0.3, 0.4) is 0 Å². The van der Waals surface area contributed by atoms with E-state index in [0.29, 0.717) is 21.7 Å². The van der Waals surface area contributed by atoms with Crippen molar-refractivity contribution in [1.29, 1.82) is 0 Å². The van der Waals surface area contributed by atoms with Gasteiger partial charge in [-0.15, -0.1) is 11.3 Å². The molecule has 2 heterocycles. The van der Waals surface area contributed by atoms with Crippen LogP contribution < -0.4 is 10.1 Å². The maximum absolute atomic E-state index is 13.0. The molecule has 6 nitrogen and oxygen atoms in total. The molecule has 152 valence electrons. The highest BCUT2D eigenvalue weighted by atomic mass is 35.5. The zero-order chi connectivity index (χ0) is 21.1. The fourth-order valence-electron chi connectivity index (χ4n) is 2.71. The summed E-state index contributed by atoms with van der Waals surface area (Å²) in [5.74, 6) is 0.156. The van der Waals surface area contributed by atoms with E-state index >= 15 is 0 Å². The molecule has 1 amide bonds. The SMILES string of the molecule is Cc1cc(NC(=O)COc2ccc(F)cc2)n(-c2nc(-c3ccc(Cl)cc3)cs2)n1. The summed E-state index contributed by atoms with van der Waals surface area (Å²) in [6.45, 7) is 1.61. The van der Waals surface area contributed by atoms with Gasteiger partial charge in [0.2, 0.25) is 5.13 Å². The minimum absolute atomic E-state index is 0.218. The molecule has 0 aliphatic carbocycles. The van der Waals surface area contributed by atoms with E-state index in [2.05, 4.69) is 15.4 Å². The van der Waals surface area contributed by atoms with Crippen LogP contribution in [0.4, 0.5) is 10.2 Å². The maximum Gasteiger partial charge on any atom is 0.263 e. The minimum atomic E-state index is -0.368. The Bertz CT molecular complexity index is 1170. The number of carbonyl (C=O) groups excluding carboxylic acids is 1. The highest BCUT2D eigenvalue weighted by molar-refractivity contribution is 7.12. The average Bonchev–Trinajstić information content (AvgIpc) is 3.35. The smallest absolute Gasteiger partial charge is 0.263 e. The van der Waals surface area contributed by atoms with Crippen molar-refractivity contribution in [2.24, 2.45) is 0 Å². The molecule has 0 saturated carbocycles. The molecule has 0 aliphatic rings. The van der Waals surface area contributed by atoms with Crippen LogP contribution in [0.25, 0.3) is 16.4 Å². The normalized spacial score (nSPS) is 10.8. The molecule has 4 aromatic rings. The van der Waals surface area contributed by atoms with Crippen LogP contribution in [-0.2, 0) is 4.79 Å². The van der Waals surface area contributed by atoms with E-state index in [0.717, 1.165) is 17.0 Å². The van der Waals surface area contributed by atoms with E-state index in [1.807, 2.05) is 24.4 Å². The van der Waals surface area contributed by atoms with Gasteiger partial charge in [-0.05, 0) is 43.3 Å². The number of halogens is 2. The predicted octanol–water partition coefficient (Wildman–Crippen LogP) is 5.11. The number of anilines is 1. The summed E-state index contributed by atoms with van der Waals surface area (Å²) >= 11 is 7.35. The third-order valence-corrected chi connectivity index (χ3v) is 5.16. The predicted molar refractivity (Wildman–Crippen MR) is 115 cm³/mol. The van der Waals surface area contributed by atoms with Crippen molar-refractivity contribution in [1.82, 2.24) is 14.8 Å². The molecule has 2 aromatic heterocycles. The lowest BCUT2D eigenvalue weighted by Crippen LogP contribution is -2.21. The van der Waals surface area contributed by atoms with Gasteiger partial charge in [0.05, 0.1) is 11.4 Å². The Labute approximate surface area is 180 Å². The van der Waals surface area contributed by atoms with Crippen LogP contribution in [0.15, 0.2) is 60.0 Å². The van der Waals surface area contributed by atoms with Gasteiger partial charge < -0.3 is 10.1 Å². The molecule has 0 spiro atoms.